The maximum Gasteiger partial charge on any atom is 0.573 e. The van der Waals surface area contributed by atoms with Crippen LogP contribution in [0.3, 0.4) is 0 Å². The molecule has 1 aliphatic heterocycles. The largest absolute Gasteiger partial charge is 0.573 e. The molecule has 24 heavy (non-hydrogen) atoms. The fourth-order valence-corrected chi connectivity index (χ4v) is 1.93. The quantitative estimate of drug-likeness (QED) is 0.815. The molecule has 0 fully saturated rings. The number of benzene rings is 1. The Kier molecular flexibility index (Phi) is 4.86. The molecule has 1 aromatic rings. The van der Waals surface area contributed by atoms with E-state index in [-0.39, 0.29) is 17.9 Å². The predicted molar refractivity (Wildman–Crippen MR) is 74.0 cm³/mol. The lowest BCUT2D eigenvalue weighted by molar-refractivity contribution is -0.274. The summed E-state index contributed by atoms with van der Waals surface area (Å²) >= 11 is 0. The van der Waals surface area contributed by atoms with Gasteiger partial charge in [0.15, 0.2) is 11.5 Å². The van der Waals surface area contributed by atoms with Gasteiger partial charge in [0.05, 0.1) is 18.7 Å². The number of carbonyl (C=O) groups excluding carboxylic acids is 2. The Bertz CT molecular complexity index is 698. The molecule has 0 bridgehead atoms. The van der Waals surface area contributed by atoms with E-state index in [4.69, 9.17) is 4.74 Å². The third-order valence-electron chi connectivity index (χ3n) is 2.81. The minimum atomic E-state index is -4.92. The van der Waals surface area contributed by atoms with Crippen molar-refractivity contribution in [1.82, 2.24) is 0 Å². The molecule has 0 aliphatic carbocycles. The standard InChI is InChI=1S/C14H12F3NO6/c1-2-22-13(21)23-10-6-11(19)18-9-4-3-7(24-14(15,16)17)5-8(9)12(10)20/h3-5,20H,2,6H2,1H3,(H,18,19). The van der Waals surface area contributed by atoms with Crippen molar-refractivity contribution in [1.29, 1.82) is 0 Å². The number of halogens is 3. The fourth-order valence-electron chi connectivity index (χ4n) is 1.93. The van der Waals surface area contributed by atoms with Crippen LogP contribution in [0.1, 0.15) is 18.9 Å². The number of nitrogens with one attached hydrogen (secondary N) is 1. The molecule has 1 heterocycles. The minimum absolute atomic E-state index is 0.000764. The summed E-state index contributed by atoms with van der Waals surface area (Å²) in [5.41, 5.74) is -0.156. The number of fused-ring (bicyclic) bond motifs is 1. The maximum absolute atomic E-state index is 12.3. The Morgan fingerprint density at radius 2 is 2.08 bits per heavy atom. The SMILES string of the molecule is CCOC(=O)OC1=C(O)c2cc(OC(F)(F)F)ccc2NC(=O)C1. The van der Waals surface area contributed by atoms with Crippen LogP contribution in [0.15, 0.2) is 24.0 Å². The first-order valence-electron chi connectivity index (χ1n) is 6.66. The second-order valence-electron chi connectivity index (χ2n) is 4.54. The Morgan fingerprint density at radius 1 is 1.38 bits per heavy atom. The first kappa shape index (κ1) is 17.4. The zero-order chi connectivity index (χ0) is 17.9. The number of anilines is 1. The number of hydrogen-bond donors (Lipinski definition) is 2. The molecule has 0 radical (unpaired) electrons. The molecule has 2 N–H and O–H groups in total. The van der Waals surface area contributed by atoms with Gasteiger partial charge in [0, 0.05) is 5.56 Å². The summed E-state index contributed by atoms with van der Waals surface area (Å²) in [5, 5.41) is 12.5. The lowest BCUT2D eigenvalue weighted by atomic mass is 10.1. The van der Waals surface area contributed by atoms with Gasteiger partial charge in [0.2, 0.25) is 5.91 Å². The molecule has 0 saturated heterocycles. The Hall–Kier alpha value is -2.91. The van der Waals surface area contributed by atoms with E-state index in [9.17, 15) is 27.9 Å². The van der Waals surface area contributed by atoms with Gasteiger partial charge in [0.1, 0.15) is 5.75 Å². The molecule has 0 unspecified atom stereocenters. The Labute approximate surface area is 133 Å². The number of aliphatic hydroxyl groups excluding tert-OH is 1. The molecule has 7 nitrogen and oxygen atoms in total. The van der Waals surface area contributed by atoms with Crippen LogP contribution < -0.4 is 10.1 Å². The van der Waals surface area contributed by atoms with Gasteiger partial charge in [-0.25, -0.2) is 4.79 Å². The number of carbonyl (C=O) groups is 2. The van der Waals surface area contributed by atoms with Gasteiger partial charge >= 0.3 is 12.5 Å². The van der Waals surface area contributed by atoms with Crippen molar-refractivity contribution >= 4 is 23.5 Å². The second-order valence-corrected chi connectivity index (χ2v) is 4.54. The Morgan fingerprint density at radius 3 is 2.71 bits per heavy atom. The average molecular weight is 347 g/mol. The Balaban J connectivity index is 2.41. The number of hydrogen-bond acceptors (Lipinski definition) is 6. The molecule has 1 aliphatic rings. The fraction of sp³-hybridized carbons (Fsp3) is 0.286. The van der Waals surface area contributed by atoms with Gasteiger partial charge < -0.3 is 24.6 Å². The molecule has 2 rings (SSSR count). The topological polar surface area (TPSA) is 94.1 Å². The lowest BCUT2D eigenvalue weighted by Gasteiger charge is -2.12. The number of ether oxygens (including phenoxy) is 3. The highest BCUT2D eigenvalue weighted by molar-refractivity contribution is 5.98. The normalized spacial score (nSPS) is 14.4. The minimum Gasteiger partial charge on any atom is -0.504 e. The summed E-state index contributed by atoms with van der Waals surface area (Å²) < 4.78 is 49.9. The summed E-state index contributed by atoms with van der Waals surface area (Å²) in [7, 11) is 0. The van der Waals surface area contributed by atoms with Crippen molar-refractivity contribution in [2.45, 2.75) is 19.7 Å². The third kappa shape index (κ3) is 4.31. The highest BCUT2D eigenvalue weighted by atomic mass is 19.4. The number of rotatable bonds is 3. The summed E-state index contributed by atoms with van der Waals surface area (Å²) in [5.74, 6) is -2.37. The highest BCUT2D eigenvalue weighted by Crippen LogP contribution is 2.34. The van der Waals surface area contributed by atoms with Crippen LogP contribution in [0.4, 0.5) is 23.7 Å². The van der Waals surface area contributed by atoms with Crippen LogP contribution in [0.5, 0.6) is 5.75 Å². The van der Waals surface area contributed by atoms with Crippen LogP contribution in [0, 0.1) is 0 Å². The van der Waals surface area contributed by atoms with Crippen molar-refractivity contribution in [3.05, 3.63) is 29.5 Å². The highest BCUT2D eigenvalue weighted by Gasteiger charge is 2.32. The third-order valence-corrected chi connectivity index (χ3v) is 2.81. The van der Waals surface area contributed by atoms with E-state index in [1.165, 1.54) is 6.92 Å². The molecular formula is C14H12F3NO6. The molecule has 1 aromatic carbocycles. The van der Waals surface area contributed by atoms with Crippen LogP contribution in [-0.4, -0.2) is 30.1 Å². The maximum atomic E-state index is 12.3. The van der Waals surface area contributed by atoms with E-state index in [0.717, 1.165) is 18.2 Å². The van der Waals surface area contributed by atoms with Crippen LogP contribution in [0.2, 0.25) is 0 Å². The molecule has 10 heteroatoms. The van der Waals surface area contributed by atoms with Gasteiger partial charge in [-0.1, -0.05) is 0 Å². The smallest absolute Gasteiger partial charge is 0.504 e. The monoisotopic (exact) mass is 347 g/mol. The van der Waals surface area contributed by atoms with Crippen LogP contribution in [-0.2, 0) is 14.3 Å². The summed E-state index contributed by atoms with van der Waals surface area (Å²) in [6.07, 6.45) is -6.58. The molecule has 0 spiro atoms. The lowest BCUT2D eigenvalue weighted by Crippen LogP contribution is -2.17. The molecule has 0 saturated carbocycles. The van der Waals surface area contributed by atoms with Gasteiger partial charge in [-0.2, -0.15) is 0 Å². The van der Waals surface area contributed by atoms with Crippen molar-refractivity contribution in [2.75, 3.05) is 11.9 Å². The van der Waals surface area contributed by atoms with Crippen LogP contribution >= 0.6 is 0 Å². The van der Waals surface area contributed by atoms with E-state index < -0.39 is 42.1 Å². The predicted octanol–water partition coefficient (Wildman–Crippen LogP) is 3.33. The number of alkyl halides is 3. The molecule has 130 valence electrons. The van der Waals surface area contributed by atoms with Crippen molar-refractivity contribution in [2.24, 2.45) is 0 Å². The van der Waals surface area contributed by atoms with E-state index in [1.54, 1.807) is 0 Å². The van der Waals surface area contributed by atoms with Crippen molar-refractivity contribution in [3.63, 3.8) is 0 Å². The number of amides is 1. The van der Waals surface area contributed by atoms with Crippen molar-refractivity contribution < 1.29 is 42.1 Å². The van der Waals surface area contributed by atoms with Crippen LogP contribution in [0.25, 0.3) is 5.76 Å². The number of aliphatic hydroxyl groups is 1. The first-order chi connectivity index (χ1) is 11.2. The average Bonchev–Trinajstić information content (AvgIpc) is 2.56. The summed E-state index contributed by atoms with van der Waals surface area (Å²) in [6, 6.07) is 2.95. The zero-order valence-corrected chi connectivity index (χ0v) is 12.3. The molecule has 1 amide bonds. The van der Waals surface area contributed by atoms with Gasteiger partial charge in [-0.15, -0.1) is 13.2 Å². The first-order valence-corrected chi connectivity index (χ1v) is 6.66. The van der Waals surface area contributed by atoms with Gasteiger partial charge in [-0.3, -0.25) is 4.79 Å². The van der Waals surface area contributed by atoms with Crippen molar-refractivity contribution in [3.8, 4) is 5.75 Å². The molecule has 0 atom stereocenters. The van der Waals surface area contributed by atoms with E-state index >= 15 is 0 Å². The van der Waals surface area contributed by atoms with Gasteiger partial charge in [-0.05, 0) is 25.1 Å². The van der Waals surface area contributed by atoms with E-state index in [2.05, 4.69) is 14.8 Å². The van der Waals surface area contributed by atoms with Gasteiger partial charge in [0.25, 0.3) is 0 Å². The zero-order valence-electron chi connectivity index (χ0n) is 12.3. The van der Waals surface area contributed by atoms with E-state index in [0.29, 0.717) is 0 Å². The summed E-state index contributed by atoms with van der Waals surface area (Å²) in [4.78, 5) is 23.1. The summed E-state index contributed by atoms with van der Waals surface area (Å²) in [6.45, 7) is 1.52. The molecular weight excluding hydrogens is 335 g/mol. The second kappa shape index (κ2) is 6.69. The van der Waals surface area contributed by atoms with E-state index in [1.807, 2.05) is 0 Å². The molecule has 0 aromatic heterocycles.